The van der Waals surface area contributed by atoms with E-state index in [1.54, 1.807) is 0 Å². The standard InChI is InChI=1S/C15H18BrN3OS/c16-10-3-4-13-14(6-10)19(15(21)17-13)8-12-7-18-5-1-2-11(18)9-20-12/h3-4,6,11-12H,1-2,5,7-9H2,(H,17,21). The first kappa shape index (κ1) is 13.9. The second kappa shape index (κ2) is 5.50. The van der Waals surface area contributed by atoms with Gasteiger partial charge in [-0.3, -0.25) is 4.90 Å². The molecule has 112 valence electrons. The summed E-state index contributed by atoms with van der Waals surface area (Å²) >= 11 is 9.02. The highest BCUT2D eigenvalue weighted by Crippen LogP contribution is 2.25. The van der Waals surface area contributed by atoms with Crippen LogP contribution in [0.2, 0.25) is 0 Å². The normalized spacial score (nSPS) is 26.3. The number of benzene rings is 1. The smallest absolute Gasteiger partial charge is 0.178 e. The summed E-state index contributed by atoms with van der Waals surface area (Å²) in [6, 6.07) is 6.85. The number of aromatic nitrogens is 2. The molecule has 0 radical (unpaired) electrons. The number of ether oxygens (including phenoxy) is 1. The second-order valence-corrected chi connectivity index (χ2v) is 7.25. The van der Waals surface area contributed by atoms with Gasteiger partial charge in [0.25, 0.3) is 0 Å². The molecular formula is C15H18BrN3OS. The first-order valence-corrected chi connectivity index (χ1v) is 8.64. The molecule has 2 saturated heterocycles. The van der Waals surface area contributed by atoms with Crippen LogP contribution in [0.1, 0.15) is 12.8 Å². The van der Waals surface area contributed by atoms with Gasteiger partial charge in [0.05, 0.1) is 30.3 Å². The van der Waals surface area contributed by atoms with Crippen LogP contribution in [0.4, 0.5) is 0 Å². The molecule has 4 rings (SSSR count). The van der Waals surface area contributed by atoms with E-state index in [0.29, 0.717) is 6.04 Å². The van der Waals surface area contributed by atoms with E-state index in [2.05, 4.69) is 42.5 Å². The topological polar surface area (TPSA) is 33.2 Å². The Morgan fingerprint density at radius 2 is 2.33 bits per heavy atom. The summed E-state index contributed by atoms with van der Waals surface area (Å²) in [7, 11) is 0. The third-order valence-corrected chi connectivity index (χ3v) is 5.40. The van der Waals surface area contributed by atoms with E-state index in [0.717, 1.165) is 40.0 Å². The minimum absolute atomic E-state index is 0.226. The van der Waals surface area contributed by atoms with Crippen LogP contribution in [0.15, 0.2) is 22.7 Å². The summed E-state index contributed by atoms with van der Waals surface area (Å²) in [6.45, 7) is 3.92. The van der Waals surface area contributed by atoms with Crippen molar-refractivity contribution in [1.82, 2.24) is 14.5 Å². The average Bonchev–Trinajstić information content (AvgIpc) is 3.04. The number of nitrogens with zero attached hydrogens (tertiary/aromatic N) is 2. The van der Waals surface area contributed by atoms with E-state index in [1.165, 1.54) is 19.4 Å². The van der Waals surface area contributed by atoms with Crippen molar-refractivity contribution in [3.05, 3.63) is 27.4 Å². The molecule has 0 aliphatic carbocycles. The zero-order valence-electron chi connectivity index (χ0n) is 11.7. The number of hydrogen-bond donors (Lipinski definition) is 1. The predicted octanol–water partition coefficient (Wildman–Crippen LogP) is 3.32. The summed E-state index contributed by atoms with van der Waals surface area (Å²) in [6.07, 6.45) is 2.82. The third-order valence-electron chi connectivity index (χ3n) is 4.59. The summed E-state index contributed by atoms with van der Waals surface area (Å²) < 4.78 is 10.1. The molecule has 0 amide bonds. The average molecular weight is 368 g/mol. The van der Waals surface area contributed by atoms with Crippen molar-refractivity contribution >= 4 is 39.2 Å². The number of fused-ring (bicyclic) bond motifs is 2. The van der Waals surface area contributed by atoms with E-state index in [-0.39, 0.29) is 6.10 Å². The minimum Gasteiger partial charge on any atom is -0.373 e. The fourth-order valence-electron chi connectivity index (χ4n) is 3.51. The van der Waals surface area contributed by atoms with Crippen LogP contribution in [0, 0.1) is 4.77 Å². The molecule has 3 heterocycles. The molecule has 2 aliphatic heterocycles. The summed E-state index contributed by atoms with van der Waals surface area (Å²) in [4.78, 5) is 5.85. The van der Waals surface area contributed by atoms with Crippen LogP contribution in [0.25, 0.3) is 11.0 Å². The van der Waals surface area contributed by atoms with Crippen LogP contribution in [0.3, 0.4) is 0 Å². The number of H-pyrrole nitrogens is 1. The summed E-state index contributed by atoms with van der Waals surface area (Å²) in [5, 5.41) is 0. The lowest BCUT2D eigenvalue weighted by atomic mass is 10.2. The highest BCUT2D eigenvalue weighted by Gasteiger charge is 2.32. The number of hydrogen-bond acceptors (Lipinski definition) is 3. The van der Waals surface area contributed by atoms with Crippen LogP contribution >= 0.6 is 28.1 Å². The van der Waals surface area contributed by atoms with E-state index in [4.69, 9.17) is 17.0 Å². The Kier molecular flexibility index (Phi) is 3.65. The molecule has 2 fully saturated rings. The minimum atomic E-state index is 0.226. The Balaban J connectivity index is 1.61. The zero-order valence-corrected chi connectivity index (χ0v) is 14.1. The molecule has 2 aliphatic rings. The van der Waals surface area contributed by atoms with Crippen LogP contribution in [0.5, 0.6) is 0 Å². The van der Waals surface area contributed by atoms with Gasteiger partial charge >= 0.3 is 0 Å². The van der Waals surface area contributed by atoms with E-state index in [1.807, 2.05) is 6.07 Å². The van der Waals surface area contributed by atoms with Crippen molar-refractivity contribution in [2.45, 2.75) is 31.5 Å². The Bertz CT molecular complexity index is 725. The van der Waals surface area contributed by atoms with E-state index < -0.39 is 0 Å². The van der Waals surface area contributed by atoms with Crippen molar-refractivity contribution in [2.24, 2.45) is 0 Å². The van der Waals surface area contributed by atoms with Crippen molar-refractivity contribution in [3.8, 4) is 0 Å². The van der Waals surface area contributed by atoms with Gasteiger partial charge in [-0.25, -0.2) is 0 Å². The van der Waals surface area contributed by atoms with Gasteiger partial charge in [0.1, 0.15) is 0 Å². The lowest BCUT2D eigenvalue weighted by molar-refractivity contribution is -0.0548. The maximum atomic E-state index is 6.06. The van der Waals surface area contributed by atoms with Crippen LogP contribution in [-0.4, -0.2) is 46.3 Å². The van der Waals surface area contributed by atoms with Gasteiger partial charge in [0.2, 0.25) is 0 Å². The predicted molar refractivity (Wildman–Crippen MR) is 89.2 cm³/mol. The molecule has 1 N–H and O–H groups in total. The SMILES string of the molecule is S=c1[nH]c2ccc(Br)cc2n1CC1CN2CCCC2CO1. The Hall–Kier alpha value is -0.690. The van der Waals surface area contributed by atoms with Gasteiger partial charge in [-0.15, -0.1) is 0 Å². The lowest BCUT2D eigenvalue weighted by Gasteiger charge is -2.35. The van der Waals surface area contributed by atoms with Gasteiger partial charge < -0.3 is 14.3 Å². The molecule has 2 unspecified atom stereocenters. The highest BCUT2D eigenvalue weighted by molar-refractivity contribution is 9.10. The summed E-state index contributed by atoms with van der Waals surface area (Å²) in [5.41, 5.74) is 2.22. The maximum Gasteiger partial charge on any atom is 0.178 e. The van der Waals surface area contributed by atoms with Gasteiger partial charge in [0.15, 0.2) is 4.77 Å². The highest BCUT2D eigenvalue weighted by atomic mass is 79.9. The number of aromatic amines is 1. The van der Waals surface area contributed by atoms with E-state index >= 15 is 0 Å². The Morgan fingerprint density at radius 3 is 3.24 bits per heavy atom. The number of halogens is 1. The number of morpholine rings is 1. The largest absolute Gasteiger partial charge is 0.373 e. The number of imidazole rings is 1. The molecule has 4 nitrogen and oxygen atoms in total. The third kappa shape index (κ3) is 2.59. The fraction of sp³-hybridized carbons (Fsp3) is 0.533. The zero-order chi connectivity index (χ0) is 14.4. The van der Waals surface area contributed by atoms with Gasteiger partial charge in [-0.05, 0) is 49.8 Å². The number of nitrogens with one attached hydrogen (secondary N) is 1. The maximum absolute atomic E-state index is 6.06. The van der Waals surface area contributed by atoms with Crippen LogP contribution < -0.4 is 0 Å². The van der Waals surface area contributed by atoms with Crippen molar-refractivity contribution in [1.29, 1.82) is 0 Å². The van der Waals surface area contributed by atoms with Crippen molar-refractivity contribution < 1.29 is 4.74 Å². The molecule has 1 aromatic heterocycles. The Morgan fingerprint density at radius 1 is 1.43 bits per heavy atom. The molecule has 2 atom stereocenters. The quantitative estimate of drug-likeness (QED) is 0.826. The molecule has 1 aromatic carbocycles. The molecule has 0 bridgehead atoms. The molecular weight excluding hydrogens is 350 g/mol. The monoisotopic (exact) mass is 367 g/mol. The molecule has 0 saturated carbocycles. The fourth-order valence-corrected chi connectivity index (χ4v) is 4.14. The van der Waals surface area contributed by atoms with Gasteiger partial charge in [0, 0.05) is 17.1 Å². The van der Waals surface area contributed by atoms with E-state index in [9.17, 15) is 0 Å². The lowest BCUT2D eigenvalue weighted by Crippen LogP contribution is -2.47. The molecule has 2 aromatic rings. The van der Waals surface area contributed by atoms with Crippen LogP contribution in [-0.2, 0) is 11.3 Å². The molecule has 0 spiro atoms. The second-order valence-electron chi connectivity index (χ2n) is 5.95. The summed E-state index contributed by atoms with van der Waals surface area (Å²) in [5.74, 6) is 0. The molecule has 6 heteroatoms. The van der Waals surface area contributed by atoms with Gasteiger partial charge in [-0.2, -0.15) is 0 Å². The van der Waals surface area contributed by atoms with Crippen molar-refractivity contribution in [3.63, 3.8) is 0 Å². The first-order chi connectivity index (χ1) is 10.2. The Labute approximate surface area is 137 Å². The molecule has 21 heavy (non-hydrogen) atoms. The first-order valence-electron chi connectivity index (χ1n) is 7.44. The number of rotatable bonds is 2. The van der Waals surface area contributed by atoms with Crippen molar-refractivity contribution in [2.75, 3.05) is 19.7 Å². The van der Waals surface area contributed by atoms with Gasteiger partial charge in [-0.1, -0.05) is 15.9 Å².